The minimum Gasteiger partial charge on any atom is -0.349 e. The first-order valence-electron chi connectivity index (χ1n) is 10.3. The Morgan fingerprint density at radius 3 is 2.36 bits per heavy atom. The van der Waals surface area contributed by atoms with Crippen LogP contribution >= 0.6 is 0 Å². The lowest BCUT2D eigenvalue weighted by atomic mass is 9.86. The van der Waals surface area contributed by atoms with E-state index in [4.69, 9.17) is 0 Å². The summed E-state index contributed by atoms with van der Waals surface area (Å²) >= 11 is 0. The van der Waals surface area contributed by atoms with Crippen molar-refractivity contribution in [2.45, 2.75) is 71.4 Å². The fourth-order valence-electron chi connectivity index (χ4n) is 5.01. The highest BCUT2D eigenvalue weighted by atomic mass is 16.2. The van der Waals surface area contributed by atoms with E-state index in [-0.39, 0.29) is 6.97 Å². The van der Waals surface area contributed by atoms with Crippen molar-refractivity contribution in [2.75, 3.05) is 18.0 Å². The normalized spacial score (nSPS) is 28.4. The van der Waals surface area contributed by atoms with E-state index >= 15 is 0 Å². The van der Waals surface area contributed by atoms with Gasteiger partial charge < -0.3 is 9.80 Å². The van der Waals surface area contributed by atoms with Crippen LogP contribution in [0.2, 0.25) is 0 Å². The minimum atomic E-state index is -0.202. The predicted molar refractivity (Wildman–Crippen MR) is 107 cm³/mol. The van der Waals surface area contributed by atoms with Crippen molar-refractivity contribution >= 4 is 11.6 Å². The van der Waals surface area contributed by atoms with Gasteiger partial charge in [0.2, 0.25) is 0 Å². The van der Waals surface area contributed by atoms with Gasteiger partial charge in [0.1, 0.15) is 5.54 Å². The SMILES string of the molecule is CC.CC(C)C1CCN(C(=O)C23CCCC2N3c2ccccc2)CC1.[HH]. The number of amides is 1. The summed E-state index contributed by atoms with van der Waals surface area (Å²) in [7, 11) is 0. The maximum Gasteiger partial charge on any atom is 0.250 e. The van der Waals surface area contributed by atoms with Gasteiger partial charge in [0.15, 0.2) is 0 Å². The van der Waals surface area contributed by atoms with E-state index in [0.29, 0.717) is 11.9 Å². The van der Waals surface area contributed by atoms with E-state index in [2.05, 4.69) is 47.9 Å². The molecule has 2 atom stereocenters. The Kier molecular flexibility index (Phi) is 5.41. The molecule has 25 heavy (non-hydrogen) atoms. The van der Waals surface area contributed by atoms with Crippen molar-refractivity contribution in [1.82, 2.24) is 4.90 Å². The van der Waals surface area contributed by atoms with Crippen LogP contribution in [0.5, 0.6) is 0 Å². The van der Waals surface area contributed by atoms with E-state index in [1.807, 2.05) is 19.9 Å². The van der Waals surface area contributed by atoms with Crippen LogP contribution in [0.4, 0.5) is 5.69 Å². The van der Waals surface area contributed by atoms with Gasteiger partial charge in [-0.25, -0.2) is 0 Å². The van der Waals surface area contributed by atoms with Crippen molar-refractivity contribution in [3.05, 3.63) is 30.3 Å². The van der Waals surface area contributed by atoms with Gasteiger partial charge in [-0.05, 0) is 56.1 Å². The third kappa shape index (κ3) is 3.07. The average molecular weight is 345 g/mol. The first-order valence-corrected chi connectivity index (χ1v) is 10.3. The van der Waals surface area contributed by atoms with Crippen molar-refractivity contribution in [3.63, 3.8) is 0 Å². The van der Waals surface area contributed by atoms with E-state index in [0.717, 1.165) is 31.3 Å². The van der Waals surface area contributed by atoms with Gasteiger partial charge in [-0.15, -0.1) is 0 Å². The molecule has 1 saturated carbocycles. The second-order valence-corrected chi connectivity index (χ2v) is 7.91. The summed E-state index contributed by atoms with van der Waals surface area (Å²) in [6.45, 7) is 10.5. The van der Waals surface area contributed by atoms with Crippen LogP contribution in [0.3, 0.4) is 0 Å². The highest BCUT2D eigenvalue weighted by molar-refractivity contribution is 5.98. The molecule has 0 N–H and O–H groups in total. The highest BCUT2D eigenvalue weighted by Gasteiger charge is 2.70. The molecule has 4 rings (SSSR count). The molecule has 140 valence electrons. The summed E-state index contributed by atoms with van der Waals surface area (Å²) in [4.78, 5) is 17.9. The molecule has 3 fully saturated rings. The highest BCUT2D eigenvalue weighted by Crippen LogP contribution is 2.56. The van der Waals surface area contributed by atoms with Gasteiger partial charge >= 0.3 is 0 Å². The number of carbonyl (C=O) groups is 1. The standard InChI is InChI=1S/C20H28N2O.C2H6.H2/c1-15(2)16-10-13-21(14-11-16)19(23)20-12-6-9-18(20)22(20)17-7-4-3-5-8-17;1-2;/h3-5,7-8,15-16,18H,6,9-14H2,1-2H3;1-2H3;1H. The Bertz CT molecular complexity index is 583. The van der Waals surface area contributed by atoms with Crippen molar-refractivity contribution in [1.29, 1.82) is 0 Å². The molecule has 3 heteroatoms. The fourth-order valence-corrected chi connectivity index (χ4v) is 5.01. The fraction of sp³-hybridized carbons (Fsp3) is 0.682. The van der Waals surface area contributed by atoms with Gasteiger partial charge in [0.25, 0.3) is 5.91 Å². The Balaban J connectivity index is 0.000000784. The zero-order valence-electron chi connectivity index (χ0n) is 16.4. The van der Waals surface area contributed by atoms with E-state index < -0.39 is 0 Å². The Labute approximate surface area is 154 Å². The number of carbonyl (C=O) groups excluding carboxylic acids is 1. The van der Waals surface area contributed by atoms with Crippen LogP contribution in [0.1, 0.15) is 61.2 Å². The lowest BCUT2D eigenvalue weighted by Gasteiger charge is -2.35. The first kappa shape index (κ1) is 18.3. The molecule has 2 unspecified atom stereocenters. The predicted octanol–water partition coefficient (Wildman–Crippen LogP) is 4.96. The average Bonchev–Trinajstić information content (AvgIpc) is 3.11. The van der Waals surface area contributed by atoms with Crippen molar-refractivity contribution < 1.29 is 6.22 Å². The van der Waals surface area contributed by atoms with Gasteiger partial charge in [-0.3, -0.25) is 4.79 Å². The maximum atomic E-state index is 13.3. The molecule has 0 radical (unpaired) electrons. The number of fused-ring (bicyclic) bond motifs is 1. The lowest BCUT2D eigenvalue weighted by Crippen LogP contribution is -2.47. The molecule has 1 aromatic carbocycles. The zero-order chi connectivity index (χ0) is 18.0. The molecule has 1 aromatic rings. The molecular formula is C22H36N2O. The summed E-state index contributed by atoms with van der Waals surface area (Å²) in [5.41, 5.74) is 1.02. The topological polar surface area (TPSA) is 23.3 Å². The smallest absolute Gasteiger partial charge is 0.250 e. The Morgan fingerprint density at radius 2 is 1.76 bits per heavy atom. The number of piperidine rings is 2. The summed E-state index contributed by atoms with van der Waals surface area (Å²) in [6.07, 6.45) is 5.76. The monoisotopic (exact) mass is 344 g/mol. The lowest BCUT2D eigenvalue weighted by molar-refractivity contribution is -0.135. The number of nitrogens with zero attached hydrogens (tertiary/aromatic N) is 2. The van der Waals surface area contributed by atoms with Crippen molar-refractivity contribution in [3.8, 4) is 0 Å². The van der Waals surface area contributed by atoms with E-state index in [1.54, 1.807) is 0 Å². The third-order valence-electron chi connectivity index (χ3n) is 6.43. The number of rotatable bonds is 3. The summed E-state index contributed by atoms with van der Waals surface area (Å²) < 4.78 is 0. The molecule has 3 aliphatic rings. The number of hydrogen-bond donors (Lipinski definition) is 0. The molecule has 2 aliphatic heterocycles. The minimum absolute atomic E-state index is 0. The van der Waals surface area contributed by atoms with Crippen LogP contribution in [0, 0.1) is 11.8 Å². The van der Waals surface area contributed by atoms with E-state index in [1.165, 1.54) is 31.4 Å². The Morgan fingerprint density at radius 1 is 1.12 bits per heavy atom. The molecule has 2 heterocycles. The maximum absolute atomic E-state index is 13.3. The molecule has 1 amide bonds. The summed E-state index contributed by atoms with van der Waals surface area (Å²) in [6, 6.07) is 11.0. The number of benzene rings is 1. The van der Waals surface area contributed by atoms with Crippen molar-refractivity contribution in [2.24, 2.45) is 11.8 Å². The number of hydrogen-bond acceptors (Lipinski definition) is 2. The molecule has 2 saturated heterocycles. The molecule has 0 spiro atoms. The Hall–Kier alpha value is -1.51. The number of likely N-dealkylation sites (tertiary alicyclic amines) is 1. The second-order valence-electron chi connectivity index (χ2n) is 7.91. The van der Waals surface area contributed by atoms with Crippen LogP contribution in [-0.2, 0) is 4.79 Å². The zero-order valence-corrected chi connectivity index (χ0v) is 16.4. The van der Waals surface area contributed by atoms with Gasteiger partial charge in [-0.1, -0.05) is 45.9 Å². The largest absolute Gasteiger partial charge is 0.349 e. The van der Waals surface area contributed by atoms with Crippen LogP contribution in [-0.4, -0.2) is 35.5 Å². The molecule has 0 aromatic heterocycles. The third-order valence-corrected chi connectivity index (χ3v) is 6.43. The summed E-state index contributed by atoms with van der Waals surface area (Å²) in [5.74, 6) is 1.94. The second kappa shape index (κ2) is 7.39. The summed E-state index contributed by atoms with van der Waals surface area (Å²) in [5, 5.41) is 0. The molecule has 1 aliphatic carbocycles. The van der Waals surface area contributed by atoms with Crippen LogP contribution in [0.15, 0.2) is 30.3 Å². The van der Waals surface area contributed by atoms with Crippen LogP contribution in [0.25, 0.3) is 0 Å². The molecule has 0 bridgehead atoms. The van der Waals surface area contributed by atoms with Crippen LogP contribution < -0.4 is 4.90 Å². The van der Waals surface area contributed by atoms with Gasteiger partial charge in [-0.2, -0.15) is 0 Å². The number of para-hydroxylation sites is 1. The van der Waals surface area contributed by atoms with E-state index in [9.17, 15) is 4.79 Å². The quantitative estimate of drug-likeness (QED) is 0.723. The van der Waals surface area contributed by atoms with Gasteiger partial charge in [0, 0.05) is 20.2 Å². The van der Waals surface area contributed by atoms with Gasteiger partial charge in [0.05, 0.1) is 6.04 Å². The number of anilines is 1. The molecular weight excluding hydrogens is 308 g/mol. The molecule has 3 nitrogen and oxygen atoms in total. The first-order chi connectivity index (χ1) is 12.1.